The molecule has 0 spiro atoms. The topological polar surface area (TPSA) is 69.4 Å². The number of halogens is 1. The number of carbonyl (C=O) groups excluding carboxylic acids is 1. The van der Waals surface area contributed by atoms with E-state index in [1.807, 2.05) is 0 Å². The molecule has 0 amide bonds. The Hall–Kier alpha value is -2.40. The third kappa shape index (κ3) is 2.78. The molecule has 6 heteroatoms. The zero-order valence-corrected chi connectivity index (χ0v) is 11.3. The average molecular weight is 292 g/mol. The van der Waals surface area contributed by atoms with Crippen LogP contribution in [-0.2, 0) is 0 Å². The maximum Gasteiger partial charge on any atom is 0.314 e. The van der Waals surface area contributed by atoms with Crippen LogP contribution in [0.5, 0.6) is 11.5 Å². The molecule has 0 aliphatic heterocycles. The van der Waals surface area contributed by atoms with E-state index in [1.54, 1.807) is 19.1 Å². The molecule has 0 heterocycles. The summed E-state index contributed by atoms with van der Waals surface area (Å²) < 4.78 is 5.49. The molecule has 0 radical (unpaired) electrons. The molecule has 0 N–H and O–H groups in total. The van der Waals surface area contributed by atoms with Crippen LogP contribution < -0.4 is 4.74 Å². The van der Waals surface area contributed by atoms with Crippen LogP contribution in [0, 0.1) is 17.0 Å². The molecular weight excluding hydrogens is 282 g/mol. The predicted molar refractivity (Wildman–Crippen MR) is 74.7 cm³/mol. The highest BCUT2D eigenvalue weighted by atomic mass is 35.5. The van der Waals surface area contributed by atoms with Gasteiger partial charge in [-0.3, -0.25) is 14.9 Å². The van der Waals surface area contributed by atoms with Gasteiger partial charge < -0.3 is 4.74 Å². The van der Waals surface area contributed by atoms with Gasteiger partial charge in [0.15, 0.2) is 0 Å². The quantitative estimate of drug-likeness (QED) is 0.482. The number of nitrogens with zero attached hydrogens (tertiary/aromatic N) is 1. The largest absolute Gasteiger partial charge is 0.449 e. The van der Waals surface area contributed by atoms with Gasteiger partial charge in [-0.05, 0) is 31.2 Å². The van der Waals surface area contributed by atoms with Crippen molar-refractivity contribution in [1.82, 2.24) is 0 Å². The molecule has 0 saturated heterocycles. The van der Waals surface area contributed by atoms with Crippen LogP contribution in [0.2, 0.25) is 5.02 Å². The maximum absolute atomic E-state index is 11.1. The van der Waals surface area contributed by atoms with Crippen LogP contribution in [0.4, 0.5) is 5.69 Å². The van der Waals surface area contributed by atoms with Crippen molar-refractivity contribution in [3.8, 4) is 11.5 Å². The third-order valence-corrected chi connectivity index (χ3v) is 2.99. The van der Waals surface area contributed by atoms with Crippen molar-refractivity contribution in [2.24, 2.45) is 0 Å². The SMILES string of the molecule is Cc1cccc(Oc2ccc(C=O)cc2Cl)c1[N+](=O)[O-]. The Morgan fingerprint density at radius 3 is 2.60 bits per heavy atom. The van der Waals surface area contributed by atoms with Crippen molar-refractivity contribution < 1.29 is 14.5 Å². The van der Waals surface area contributed by atoms with Crippen LogP contribution in [0.25, 0.3) is 0 Å². The van der Waals surface area contributed by atoms with Crippen molar-refractivity contribution in [2.45, 2.75) is 6.92 Å². The van der Waals surface area contributed by atoms with Gasteiger partial charge in [0.1, 0.15) is 12.0 Å². The van der Waals surface area contributed by atoms with Crippen LogP contribution in [0.3, 0.4) is 0 Å². The minimum Gasteiger partial charge on any atom is -0.449 e. The molecule has 102 valence electrons. The van der Waals surface area contributed by atoms with Crippen LogP contribution >= 0.6 is 11.6 Å². The number of aldehydes is 1. The smallest absolute Gasteiger partial charge is 0.314 e. The summed E-state index contributed by atoms with van der Waals surface area (Å²) in [5.41, 5.74) is 0.789. The van der Waals surface area contributed by atoms with E-state index in [1.165, 1.54) is 24.3 Å². The van der Waals surface area contributed by atoms with Gasteiger partial charge in [-0.25, -0.2) is 0 Å². The molecular formula is C14H10ClNO4. The third-order valence-electron chi connectivity index (χ3n) is 2.70. The summed E-state index contributed by atoms with van der Waals surface area (Å²) in [6.45, 7) is 1.63. The Bertz CT molecular complexity index is 685. The molecule has 0 bridgehead atoms. The summed E-state index contributed by atoms with van der Waals surface area (Å²) in [5, 5.41) is 11.3. The Labute approximate surface area is 119 Å². The molecule has 2 aromatic carbocycles. The molecule has 5 nitrogen and oxygen atoms in total. The number of aryl methyl sites for hydroxylation is 1. The second kappa shape index (κ2) is 5.71. The first-order chi connectivity index (χ1) is 9.52. The molecule has 2 rings (SSSR count). The van der Waals surface area contributed by atoms with Gasteiger partial charge in [0.25, 0.3) is 0 Å². The van der Waals surface area contributed by atoms with Crippen molar-refractivity contribution in [1.29, 1.82) is 0 Å². The Balaban J connectivity index is 2.42. The number of hydrogen-bond donors (Lipinski definition) is 0. The van der Waals surface area contributed by atoms with E-state index < -0.39 is 4.92 Å². The van der Waals surface area contributed by atoms with Crippen molar-refractivity contribution >= 4 is 23.6 Å². The summed E-state index contributed by atoms with van der Waals surface area (Å²) >= 11 is 5.98. The maximum atomic E-state index is 11.1. The van der Waals surface area contributed by atoms with Gasteiger partial charge in [0.2, 0.25) is 5.75 Å². The first kappa shape index (κ1) is 14.0. The highest BCUT2D eigenvalue weighted by Crippen LogP contribution is 2.36. The fourth-order valence-electron chi connectivity index (χ4n) is 1.74. The van der Waals surface area contributed by atoms with Crippen LogP contribution in [0.1, 0.15) is 15.9 Å². The number of rotatable bonds is 4. The van der Waals surface area contributed by atoms with E-state index in [4.69, 9.17) is 16.3 Å². The van der Waals surface area contributed by atoms with Gasteiger partial charge in [-0.15, -0.1) is 0 Å². The number of ether oxygens (including phenoxy) is 1. The van der Waals surface area contributed by atoms with E-state index in [0.717, 1.165) is 0 Å². The first-order valence-corrected chi connectivity index (χ1v) is 6.07. The van der Waals surface area contributed by atoms with Gasteiger partial charge in [-0.1, -0.05) is 23.7 Å². The minimum absolute atomic E-state index is 0.107. The molecule has 0 saturated carbocycles. The predicted octanol–water partition coefficient (Wildman–Crippen LogP) is 4.16. The molecule has 0 fully saturated rings. The van der Waals surface area contributed by atoms with E-state index in [-0.39, 0.29) is 22.2 Å². The second-order valence-corrected chi connectivity index (χ2v) is 4.50. The average Bonchev–Trinajstić information content (AvgIpc) is 2.40. The lowest BCUT2D eigenvalue weighted by molar-refractivity contribution is -0.386. The monoisotopic (exact) mass is 291 g/mol. The Morgan fingerprint density at radius 2 is 2.00 bits per heavy atom. The zero-order valence-electron chi connectivity index (χ0n) is 10.5. The van der Waals surface area contributed by atoms with Crippen molar-refractivity contribution in [3.05, 3.63) is 62.7 Å². The zero-order chi connectivity index (χ0) is 14.7. The molecule has 0 atom stereocenters. The van der Waals surface area contributed by atoms with E-state index in [0.29, 0.717) is 17.4 Å². The normalized spacial score (nSPS) is 10.1. The van der Waals surface area contributed by atoms with Crippen molar-refractivity contribution in [2.75, 3.05) is 0 Å². The van der Waals surface area contributed by atoms with Gasteiger partial charge in [0.05, 0.1) is 9.95 Å². The molecule has 0 unspecified atom stereocenters. The number of nitro groups is 1. The summed E-state index contributed by atoms with van der Waals surface area (Å²) in [4.78, 5) is 21.2. The summed E-state index contributed by atoms with van der Waals surface area (Å²) in [5.74, 6) is 0.363. The highest BCUT2D eigenvalue weighted by Gasteiger charge is 2.19. The number of para-hydroxylation sites is 1. The lowest BCUT2D eigenvalue weighted by Crippen LogP contribution is -1.96. The van der Waals surface area contributed by atoms with E-state index >= 15 is 0 Å². The molecule has 0 aliphatic rings. The van der Waals surface area contributed by atoms with Crippen LogP contribution in [-0.4, -0.2) is 11.2 Å². The Kier molecular flexibility index (Phi) is 4.00. The lowest BCUT2D eigenvalue weighted by atomic mass is 10.2. The molecule has 0 aliphatic carbocycles. The second-order valence-electron chi connectivity index (χ2n) is 4.09. The summed E-state index contributed by atoms with van der Waals surface area (Å²) in [6, 6.07) is 9.24. The number of nitro benzene ring substituents is 1. The van der Waals surface area contributed by atoms with Gasteiger partial charge in [0, 0.05) is 11.1 Å². The minimum atomic E-state index is -0.502. The van der Waals surface area contributed by atoms with E-state index in [9.17, 15) is 14.9 Å². The molecule has 2 aromatic rings. The summed E-state index contributed by atoms with van der Waals surface area (Å²) in [6.07, 6.45) is 0.658. The number of hydrogen-bond acceptors (Lipinski definition) is 4. The number of carbonyl (C=O) groups is 1. The van der Waals surface area contributed by atoms with Crippen molar-refractivity contribution in [3.63, 3.8) is 0 Å². The number of benzene rings is 2. The Morgan fingerprint density at radius 1 is 1.25 bits per heavy atom. The van der Waals surface area contributed by atoms with Crippen LogP contribution in [0.15, 0.2) is 36.4 Å². The lowest BCUT2D eigenvalue weighted by Gasteiger charge is -2.09. The summed E-state index contributed by atoms with van der Waals surface area (Å²) in [7, 11) is 0. The fraction of sp³-hybridized carbons (Fsp3) is 0.0714. The fourth-order valence-corrected chi connectivity index (χ4v) is 1.97. The first-order valence-electron chi connectivity index (χ1n) is 5.69. The molecule has 20 heavy (non-hydrogen) atoms. The van der Waals surface area contributed by atoms with Gasteiger partial charge in [-0.2, -0.15) is 0 Å². The standard InChI is InChI=1S/C14H10ClNO4/c1-9-3-2-4-13(14(9)16(18)19)20-12-6-5-10(8-17)7-11(12)15/h2-8H,1H3. The molecule has 0 aromatic heterocycles. The highest BCUT2D eigenvalue weighted by molar-refractivity contribution is 6.32. The van der Waals surface area contributed by atoms with Gasteiger partial charge >= 0.3 is 5.69 Å². The van der Waals surface area contributed by atoms with E-state index in [2.05, 4.69) is 0 Å².